The van der Waals surface area contributed by atoms with Crippen molar-refractivity contribution in [1.29, 1.82) is 0 Å². The van der Waals surface area contributed by atoms with E-state index >= 15 is 0 Å². The molecule has 0 aliphatic carbocycles. The van der Waals surface area contributed by atoms with E-state index in [1.165, 1.54) is 18.3 Å². The van der Waals surface area contributed by atoms with Gasteiger partial charge >= 0.3 is 0 Å². The first-order chi connectivity index (χ1) is 15.3. The predicted octanol–water partition coefficient (Wildman–Crippen LogP) is 3.40. The first-order valence-electron chi connectivity index (χ1n) is 10.6. The van der Waals surface area contributed by atoms with Gasteiger partial charge in [-0.25, -0.2) is 8.42 Å². The summed E-state index contributed by atoms with van der Waals surface area (Å²) in [6.07, 6.45) is 3.25. The van der Waals surface area contributed by atoms with Crippen LogP contribution in [-0.4, -0.2) is 44.7 Å². The molecule has 2 N–H and O–H groups in total. The van der Waals surface area contributed by atoms with Gasteiger partial charge in [-0.3, -0.25) is 9.59 Å². The van der Waals surface area contributed by atoms with Gasteiger partial charge in [-0.05, 0) is 61.2 Å². The number of anilines is 2. The number of ether oxygens (including phenoxy) is 1. The van der Waals surface area contributed by atoms with Crippen molar-refractivity contribution in [2.24, 2.45) is 0 Å². The zero-order valence-electron chi connectivity index (χ0n) is 18.4. The van der Waals surface area contributed by atoms with E-state index in [-0.39, 0.29) is 23.1 Å². The summed E-state index contributed by atoms with van der Waals surface area (Å²) in [5.74, 6) is 0.124. The SMILES string of the molecule is COc1ccc(S(=O)(=O)N2CCCCC2)cc1CCC(=O)Nc1cccc(NC(C)=O)c1. The monoisotopic (exact) mass is 459 g/mol. The van der Waals surface area contributed by atoms with Gasteiger partial charge in [0.2, 0.25) is 21.8 Å². The molecule has 2 aromatic rings. The Labute approximate surface area is 189 Å². The topological polar surface area (TPSA) is 105 Å². The van der Waals surface area contributed by atoms with E-state index in [4.69, 9.17) is 4.74 Å². The Balaban J connectivity index is 1.69. The zero-order valence-corrected chi connectivity index (χ0v) is 19.2. The summed E-state index contributed by atoms with van der Waals surface area (Å²) in [6, 6.07) is 11.7. The second-order valence-corrected chi connectivity index (χ2v) is 9.69. The molecule has 1 aliphatic heterocycles. The number of rotatable bonds is 8. The van der Waals surface area contributed by atoms with Crippen molar-refractivity contribution in [1.82, 2.24) is 4.31 Å². The molecule has 0 radical (unpaired) electrons. The van der Waals surface area contributed by atoms with Crippen LogP contribution in [0.1, 0.15) is 38.2 Å². The molecule has 2 aromatic carbocycles. The van der Waals surface area contributed by atoms with Gasteiger partial charge in [-0.15, -0.1) is 0 Å². The quantitative estimate of drug-likeness (QED) is 0.630. The Morgan fingerprint density at radius 3 is 2.34 bits per heavy atom. The van der Waals surface area contributed by atoms with E-state index < -0.39 is 10.0 Å². The summed E-state index contributed by atoms with van der Waals surface area (Å²) < 4.78 is 32.9. The number of aryl methyl sites for hydroxylation is 1. The molecule has 2 amide bonds. The van der Waals surface area contributed by atoms with E-state index in [2.05, 4.69) is 10.6 Å². The van der Waals surface area contributed by atoms with Crippen LogP contribution in [0.3, 0.4) is 0 Å². The first-order valence-corrected chi connectivity index (χ1v) is 12.1. The summed E-state index contributed by atoms with van der Waals surface area (Å²) in [5.41, 5.74) is 1.81. The molecule has 0 atom stereocenters. The van der Waals surface area contributed by atoms with Crippen LogP contribution in [0.2, 0.25) is 0 Å². The van der Waals surface area contributed by atoms with E-state index in [1.54, 1.807) is 42.5 Å². The molecule has 8 nitrogen and oxygen atoms in total. The summed E-state index contributed by atoms with van der Waals surface area (Å²) in [4.78, 5) is 23.9. The van der Waals surface area contributed by atoms with Crippen molar-refractivity contribution in [2.75, 3.05) is 30.8 Å². The van der Waals surface area contributed by atoms with Crippen LogP contribution >= 0.6 is 0 Å². The number of sulfonamides is 1. The fraction of sp³-hybridized carbons (Fsp3) is 0.391. The molecule has 0 saturated carbocycles. The van der Waals surface area contributed by atoms with E-state index in [9.17, 15) is 18.0 Å². The summed E-state index contributed by atoms with van der Waals surface area (Å²) in [7, 11) is -2.05. The van der Waals surface area contributed by atoms with Gasteiger partial charge in [0.1, 0.15) is 5.75 Å². The molecular weight excluding hydrogens is 430 g/mol. The van der Waals surface area contributed by atoms with Crippen molar-refractivity contribution < 1.29 is 22.7 Å². The second kappa shape index (κ2) is 10.6. The molecule has 172 valence electrons. The molecule has 1 fully saturated rings. The minimum absolute atomic E-state index is 0.147. The number of piperidine rings is 1. The summed E-state index contributed by atoms with van der Waals surface area (Å²) in [5, 5.41) is 5.47. The third-order valence-electron chi connectivity index (χ3n) is 5.29. The maximum absolute atomic E-state index is 13.0. The van der Waals surface area contributed by atoms with Crippen LogP contribution in [0.15, 0.2) is 47.4 Å². The highest BCUT2D eigenvalue weighted by Gasteiger charge is 2.26. The molecule has 1 heterocycles. The number of nitrogens with one attached hydrogen (secondary N) is 2. The largest absolute Gasteiger partial charge is 0.496 e. The van der Waals surface area contributed by atoms with Crippen LogP contribution in [0.25, 0.3) is 0 Å². The Morgan fingerprint density at radius 1 is 1.00 bits per heavy atom. The number of carbonyl (C=O) groups is 2. The minimum atomic E-state index is -3.57. The lowest BCUT2D eigenvalue weighted by Gasteiger charge is -2.26. The molecule has 0 aromatic heterocycles. The third kappa shape index (κ3) is 6.08. The molecule has 0 unspecified atom stereocenters. The minimum Gasteiger partial charge on any atom is -0.496 e. The molecule has 0 bridgehead atoms. The Kier molecular flexibility index (Phi) is 7.87. The Morgan fingerprint density at radius 2 is 1.69 bits per heavy atom. The van der Waals surface area contributed by atoms with Crippen molar-refractivity contribution in [2.45, 2.75) is 43.9 Å². The lowest BCUT2D eigenvalue weighted by Crippen LogP contribution is -2.35. The highest BCUT2D eigenvalue weighted by atomic mass is 32.2. The van der Waals surface area contributed by atoms with Gasteiger partial charge in [0.15, 0.2) is 0 Å². The standard InChI is InChI=1S/C23H29N3O5S/c1-17(27)24-19-7-6-8-20(16-19)25-23(28)12-9-18-15-21(10-11-22(18)31-2)32(29,30)26-13-4-3-5-14-26/h6-8,10-11,15-16H,3-5,9,12-14H2,1-2H3,(H,24,27)(H,25,28). The molecular formula is C23H29N3O5S. The number of hydrogen-bond acceptors (Lipinski definition) is 5. The molecule has 32 heavy (non-hydrogen) atoms. The number of methoxy groups -OCH3 is 1. The van der Waals surface area contributed by atoms with Gasteiger partial charge in [-0.2, -0.15) is 4.31 Å². The van der Waals surface area contributed by atoms with Gasteiger partial charge in [-0.1, -0.05) is 12.5 Å². The first kappa shape index (κ1) is 23.7. The van der Waals surface area contributed by atoms with Crippen molar-refractivity contribution in [3.63, 3.8) is 0 Å². The highest BCUT2D eigenvalue weighted by Crippen LogP contribution is 2.27. The van der Waals surface area contributed by atoms with Crippen molar-refractivity contribution in [3.8, 4) is 5.75 Å². The molecule has 3 rings (SSSR count). The Hall–Kier alpha value is -2.91. The lowest BCUT2D eigenvalue weighted by atomic mass is 10.1. The van der Waals surface area contributed by atoms with Gasteiger partial charge in [0.25, 0.3) is 0 Å². The van der Waals surface area contributed by atoms with Crippen LogP contribution in [0, 0.1) is 0 Å². The van der Waals surface area contributed by atoms with E-state index in [0.717, 1.165) is 19.3 Å². The van der Waals surface area contributed by atoms with E-state index in [0.29, 0.717) is 42.2 Å². The van der Waals surface area contributed by atoms with Gasteiger partial charge < -0.3 is 15.4 Å². The molecule has 1 saturated heterocycles. The molecule has 9 heteroatoms. The zero-order chi connectivity index (χ0) is 23.1. The van der Waals surface area contributed by atoms with Gasteiger partial charge in [0, 0.05) is 37.8 Å². The number of nitrogens with zero attached hydrogens (tertiary/aromatic N) is 1. The smallest absolute Gasteiger partial charge is 0.243 e. The van der Waals surface area contributed by atoms with Crippen LogP contribution in [-0.2, 0) is 26.0 Å². The number of hydrogen-bond donors (Lipinski definition) is 2. The average Bonchev–Trinajstić information content (AvgIpc) is 2.78. The normalized spacial score (nSPS) is 14.6. The maximum Gasteiger partial charge on any atom is 0.243 e. The summed E-state index contributed by atoms with van der Waals surface area (Å²) in [6.45, 7) is 2.48. The third-order valence-corrected chi connectivity index (χ3v) is 7.19. The number of carbonyl (C=O) groups excluding carboxylic acids is 2. The fourth-order valence-electron chi connectivity index (χ4n) is 3.71. The predicted molar refractivity (Wildman–Crippen MR) is 123 cm³/mol. The van der Waals surface area contributed by atoms with Crippen LogP contribution in [0.5, 0.6) is 5.75 Å². The number of benzene rings is 2. The highest BCUT2D eigenvalue weighted by molar-refractivity contribution is 7.89. The molecule has 1 aliphatic rings. The fourth-order valence-corrected chi connectivity index (χ4v) is 5.28. The van der Waals surface area contributed by atoms with Crippen molar-refractivity contribution >= 4 is 33.2 Å². The summed E-state index contributed by atoms with van der Waals surface area (Å²) >= 11 is 0. The Bertz CT molecular complexity index is 1080. The van der Waals surface area contributed by atoms with Crippen LogP contribution in [0.4, 0.5) is 11.4 Å². The lowest BCUT2D eigenvalue weighted by molar-refractivity contribution is -0.116. The molecule has 0 spiro atoms. The number of amides is 2. The second-order valence-electron chi connectivity index (χ2n) is 7.75. The average molecular weight is 460 g/mol. The van der Waals surface area contributed by atoms with Crippen LogP contribution < -0.4 is 15.4 Å². The van der Waals surface area contributed by atoms with Crippen molar-refractivity contribution in [3.05, 3.63) is 48.0 Å². The van der Waals surface area contributed by atoms with E-state index in [1.807, 2.05) is 0 Å². The maximum atomic E-state index is 13.0. The van der Waals surface area contributed by atoms with Gasteiger partial charge in [0.05, 0.1) is 12.0 Å².